The van der Waals surface area contributed by atoms with Gasteiger partial charge in [0.15, 0.2) is 11.5 Å². The van der Waals surface area contributed by atoms with E-state index >= 15 is 0 Å². The molecular weight excluding hydrogens is 212 g/mol. The Balaban J connectivity index is 2.40. The summed E-state index contributed by atoms with van der Waals surface area (Å²) in [6.45, 7) is 0.922. The highest BCUT2D eigenvalue weighted by Crippen LogP contribution is 2.32. The molecule has 6 heteroatoms. The number of H-pyrrole nitrogens is 2. The van der Waals surface area contributed by atoms with Gasteiger partial charge in [0.25, 0.3) is 5.56 Å². The van der Waals surface area contributed by atoms with Gasteiger partial charge in [-0.3, -0.25) is 9.78 Å². The zero-order chi connectivity index (χ0) is 11.1. The second kappa shape index (κ2) is 3.13. The molecule has 6 nitrogen and oxygen atoms in total. The topological polar surface area (TPSA) is 84.2 Å². The van der Waals surface area contributed by atoms with Gasteiger partial charge in [0.05, 0.1) is 10.9 Å². The number of fused-ring (bicyclic) bond motifs is 2. The van der Waals surface area contributed by atoms with Gasteiger partial charge in [-0.1, -0.05) is 0 Å². The van der Waals surface area contributed by atoms with Crippen LogP contribution in [0.3, 0.4) is 0 Å². The maximum absolute atomic E-state index is 11.5. The van der Waals surface area contributed by atoms with Gasteiger partial charge in [-0.05, 0) is 6.07 Å². The molecule has 2 aromatic rings. The van der Waals surface area contributed by atoms with Crippen LogP contribution in [0.15, 0.2) is 21.7 Å². The molecule has 82 valence electrons. The molecule has 1 aromatic heterocycles. The zero-order valence-corrected chi connectivity index (χ0v) is 8.20. The Morgan fingerprint density at radius 1 is 1.00 bits per heavy atom. The van der Waals surface area contributed by atoms with Gasteiger partial charge in [-0.25, -0.2) is 4.79 Å². The summed E-state index contributed by atoms with van der Waals surface area (Å²) >= 11 is 0. The van der Waals surface area contributed by atoms with Crippen LogP contribution < -0.4 is 20.7 Å². The molecule has 2 heterocycles. The Kier molecular flexibility index (Phi) is 1.76. The Labute approximate surface area is 88.8 Å². The standard InChI is InChI=1S/C10H8N2O4/c13-9-5-3-7-8(16-2-1-15-7)4-6(5)11-10(14)12-9/h3-4H,1-2H2,(H2,11,12,13,14). The number of aromatic nitrogens is 2. The summed E-state index contributed by atoms with van der Waals surface area (Å²) in [5.41, 5.74) is -0.525. The highest BCUT2D eigenvalue weighted by Gasteiger charge is 2.14. The SMILES string of the molecule is O=c1[nH]c(=O)c2cc3c(cc2[nH]1)OCCO3. The van der Waals surface area contributed by atoms with Crippen molar-refractivity contribution in [2.45, 2.75) is 0 Å². The molecule has 3 rings (SSSR count). The lowest BCUT2D eigenvalue weighted by Crippen LogP contribution is -2.22. The van der Waals surface area contributed by atoms with Gasteiger partial charge in [0, 0.05) is 6.07 Å². The Morgan fingerprint density at radius 3 is 2.44 bits per heavy atom. The minimum atomic E-state index is -0.533. The minimum Gasteiger partial charge on any atom is -0.486 e. The van der Waals surface area contributed by atoms with Crippen LogP contribution >= 0.6 is 0 Å². The highest BCUT2D eigenvalue weighted by atomic mass is 16.6. The van der Waals surface area contributed by atoms with Crippen LogP contribution in [0.5, 0.6) is 11.5 Å². The van der Waals surface area contributed by atoms with Gasteiger partial charge < -0.3 is 14.5 Å². The van der Waals surface area contributed by atoms with E-state index in [0.717, 1.165) is 0 Å². The fourth-order valence-corrected chi connectivity index (χ4v) is 1.70. The normalized spacial score (nSPS) is 14.0. The Morgan fingerprint density at radius 2 is 1.69 bits per heavy atom. The molecule has 1 aliphatic rings. The van der Waals surface area contributed by atoms with E-state index < -0.39 is 11.2 Å². The third-order valence-electron chi connectivity index (χ3n) is 2.40. The van der Waals surface area contributed by atoms with E-state index in [1.165, 1.54) is 0 Å². The van der Waals surface area contributed by atoms with E-state index in [-0.39, 0.29) is 0 Å². The first-order valence-corrected chi connectivity index (χ1v) is 4.80. The van der Waals surface area contributed by atoms with Crippen molar-refractivity contribution in [2.24, 2.45) is 0 Å². The van der Waals surface area contributed by atoms with E-state index in [4.69, 9.17) is 9.47 Å². The molecule has 0 fully saturated rings. The number of benzene rings is 1. The first kappa shape index (κ1) is 9.02. The van der Waals surface area contributed by atoms with E-state index in [0.29, 0.717) is 35.6 Å². The van der Waals surface area contributed by atoms with Crippen LogP contribution in [-0.4, -0.2) is 23.2 Å². The molecule has 0 aliphatic carbocycles. The maximum Gasteiger partial charge on any atom is 0.326 e. The second-order valence-corrected chi connectivity index (χ2v) is 3.45. The third kappa shape index (κ3) is 1.27. The average molecular weight is 220 g/mol. The molecule has 1 aliphatic heterocycles. The zero-order valence-electron chi connectivity index (χ0n) is 8.20. The number of rotatable bonds is 0. The summed E-state index contributed by atoms with van der Waals surface area (Å²) in [6.07, 6.45) is 0. The first-order chi connectivity index (χ1) is 7.74. The van der Waals surface area contributed by atoms with Crippen LogP contribution in [0, 0.1) is 0 Å². The summed E-state index contributed by atoms with van der Waals surface area (Å²) in [4.78, 5) is 27.3. The van der Waals surface area contributed by atoms with Gasteiger partial charge in [0.2, 0.25) is 0 Å². The van der Waals surface area contributed by atoms with Crippen molar-refractivity contribution in [1.82, 2.24) is 9.97 Å². The molecule has 0 amide bonds. The summed E-state index contributed by atoms with van der Waals surface area (Å²) in [5.74, 6) is 1.07. The number of hydrogen-bond donors (Lipinski definition) is 2. The van der Waals surface area contributed by atoms with Crippen molar-refractivity contribution in [3.8, 4) is 11.5 Å². The molecule has 16 heavy (non-hydrogen) atoms. The van der Waals surface area contributed by atoms with Crippen LogP contribution in [-0.2, 0) is 0 Å². The van der Waals surface area contributed by atoms with Gasteiger partial charge in [0.1, 0.15) is 13.2 Å². The quantitative estimate of drug-likeness (QED) is 0.653. The van der Waals surface area contributed by atoms with Crippen molar-refractivity contribution < 1.29 is 9.47 Å². The van der Waals surface area contributed by atoms with Crippen LogP contribution in [0.2, 0.25) is 0 Å². The van der Waals surface area contributed by atoms with Gasteiger partial charge >= 0.3 is 5.69 Å². The predicted octanol–water partition coefficient (Wildman–Crippen LogP) is -0.0124. The monoisotopic (exact) mass is 220 g/mol. The average Bonchev–Trinajstić information content (AvgIpc) is 2.27. The summed E-state index contributed by atoms with van der Waals surface area (Å²) in [6, 6.07) is 3.17. The fraction of sp³-hybridized carbons (Fsp3) is 0.200. The van der Waals surface area contributed by atoms with Crippen LogP contribution in [0.4, 0.5) is 0 Å². The third-order valence-corrected chi connectivity index (χ3v) is 2.40. The second-order valence-electron chi connectivity index (χ2n) is 3.45. The molecule has 0 saturated heterocycles. The number of ether oxygens (including phenoxy) is 2. The smallest absolute Gasteiger partial charge is 0.326 e. The molecule has 0 unspecified atom stereocenters. The molecule has 0 radical (unpaired) electrons. The molecule has 2 N–H and O–H groups in total. The van der Waals surface area contributed by atoms with Crippen LogP contribution in [0.25, 0.3) is 10.9 Å². The predicted molar refractivity (Wildman–Crippen MR) is 56.2 cm³/mol. The molecule has 0 spiro atoms. The van der Waals surface area contributed by atoms with E-state index in [2.05, 4.69) is 9.97 Å². The fourth-order valence-electron chi connectivity index (χ4n) is 1.70. The lowest BCUT2D eigenvalue weighted by atomic mass is 10.2. The molecule has 0 saturated carbocycles. The summed E-state index contributed by atoms with van der Waals surface area (Å²) < 4.78 is 10.7. The number of hydrogen-bond acceptors (Lipinski definition) is 4. The van der Waals surface area contributed by atoms with E-state index in [1.54, 1.807) is 12.1 Å². The number of nitrogens with one attached hydrogen (secondary N) is 2. The van der Waals surface area contributed by atoms with Crippen molar-refractivity contribution >= 4 is 10.9 Å². The van der Waals surface area contributed by atoms with E-state index in [1.807, 2.05) is 0 Å². The van der Waals surface area contributed by atoms with Gasteiger partial charge in [-0.2, -0.15) is 0 Å². The lowest BCUT2D eigenvalue weighted by molar-refractivity contribution is 0.172. The van der Waals surface area contributed by atoms with Crippen molar-refractivity contribution in [2.75, 3.05) is 13.2 Å². The summed E-state index contributed by atoms with van der Waals surface area (Å²) in [7, 11) is 0. The largest absolute Gasteiger partial charge is 0.486 e. The van der Waals surface area contributed by atoms with E-state index in [9.17, 15) is 9.59 Å². The maximum atomic E-state index is 11.5. The highest BCUT2D eigenvalue weighted by molar-refractivity contribution is 5.81. The molecular formula is C10H8N2O4. The van der Waals surface area contributed by atoms with Crippen molar-refractivity contribution in [3.05, 3.63) is 33.0 Å². The lowest BCUT2D eigenvalue weighted by Gasteiger charge is -2.18. The minimum absolute atomic E-state index is 0.379. The first-order valence-electron chi connectivity index (χ1n) is 4.80. The van der Waals surface area contributed by atoms with Crippen molar-refractivity contribution in [1.29, 1.82) is 0 Å². The summed E-state index contributed by atoms with van der Waals surface area (Å²) in [5, 5.41) is 0.379. The van der Waals surface area contributed by atoms with Crippen molar-refractivity contribution in [3.63, 3.8) is 0 Å². The molecule has 0 atom stereocenters. The Hall–Kier alpha value is -2.24. The Bertz CT molecular complexity index is 671. The van der Waals surface area contributed by atoms with Gasteiger partial charge in [-0.15, -0.1) is 0 Å². The number of aromatic amines is 2. The molecule has 1 aromatic carbocycles. The van der Waals surface area contributed by atoms with Crippen LogP contribution in [0.1, 0.15) is 0 Å². The molecule has 0 bridgehead atoms.